The first-order chi connectivity index (χ1) is 10.6. The van der Waals surface area contributed by atoms with Gasteiger partial charge in [-0.1, -0.05) is 0 Å². The van der Waals surface area contributed by atoms with Crippen LogP contribution < -0.4 is 10.6 Å². The number of aromatic nitrogens is 3. The molecule has 2 aromatic heterocycles. The number of benzene rings is 1. The highest BCUT2D eigenvalue weighted by molar-refractivity contribution is 5.92. The van der Waals surface area contributed by atoms with E-state index in [9.17, 15) is 9.18 Å². The predicted molar refractivity (Wildman–Crippen MR) is 76.0 cm³/mol. The Kier molecular flexibility index (Phi) is 2.65. The Morgan fingerprint density at radius 1 is 1.41 bits per heavy atom. The second kappa shape index (κ2) is 4.55. The SMILES string of the molecule is NC(=O)c1cnn(C2CN(c3nc4ccc(F)cc4o3)C2)c1. The summed E-state index contributed by atoms with van der Waals surface area (Å²) in [5, 5.41) is 4.13. The zero-order chi connectivity index (χ0) is 15.3. The standard InChI is InChI=1S/C14H12FN5O2/c15-9-1-2-11-12(3-9)22-14(18-11)19-6-10(7-19)20-5-8(4-17-20)13(16)21/h1-5,10H,6-7H2,(H2,16,21). The van der Waals surface area contributed by atoms with E-state index in [4.69, 9.17) is 10.2 Å². The topological polar surface area (TPSA) is 90.2 Å². The quantitative estimate of drug-likeness (QED) is 0.788. The van der Waals surface area contributed by atoms with Gasteiger partial charge in [0.05, 0.1) is 17.8 Å². The van der Waals surface area contributed by atoms with Crippen molar-refractivity contribution >= 4 is 23.0 Å². The van der Waals surface area contributed by atoms with Crippen molar-refractivity contribution in [2.75, 3.05) is 18.0 Å². The van der Waals surface area contributed by atoms with Crippen LogP contribution in [0.25, 0.3) is 11.1 Å². The third-order valence-electron chi connectivity index (χ3n) is 3.73. The average Bonchev–Trinajstić information content (AvgIpc) is 3.03. The molecule has 0 bridgehead atoms. The maximum Gasteiger partial charge on any atom is 0.298 e. The van der Waals surface area contributed by atoms with Crippen molar-refractivity contribution < 1.29 is 13.6 Å². The third-order valence-corrected chi connectivity index (χ3v) is 3.73. The Labute approximate surface area is 124 Å². The number of oxazole rings is 1. The molecule has 1 aromatic carbocycles. The van der Waals surface area contributed by atoms with Gasteiger partial charge in [0.2, 0.25) is 0 Å². The first-order valence-electron chi connectivity index (χ1n) is 6.75. The molecule has 1 amide bonds. The minimum absolute atomic E-state index is 0.125. The van der Waals surface area contributed by atoms with Gasteiger partial charge in [0, 0.05) is 25.4 Å². The smallest absolute Gasteiger partial charge is 0.298 e. The molecule has 0 unspecified atom stereocenters. The summed E-state index contributed by atoms with van der Waals surface area (Å²) < 4.78 is 20.4. The molecule has 2 N–H and O–H groups in total. The van der Waals surface area contributed by atoms with Crippen LogP contribution in [-0.4, -0.2) is 33.8 Å². The van der Waals surface area contributed by atoms with E-state index >= 15 is 0 Å². The van der Waals surface area contributed by atoms with Gasteiger partial charge in [-0.05, 0) is 12.1 Å². The van der Waals surface area contributed by atoms with Gasteiger partial charge in [0.1, 0.15) is 11.3 Å². The second-order valence-corrected chi connectivity index (χ2v) is 5.24. The van der Waals surface area contributed by atoms with Crippen LogP contribution in [0.3, 0.4) is 0 Å². The highest BCUT2D eigenvalue weighted by Crippen LogP contribution is 2.30. The maximum absolute atomic E-state index is 13.1. The average molecular weight is 301 g/mol. The fourth-order valence-electron chi connectivity index (χ4n) is 2.47. The van der Waals surface area contributed by atoms with Gasteiger partial charge >= 0.3 is 0 Å². The second-order valence-electron chi connectivity index (χ2n) is 5.24. The molecule has 0 aliphatic carbocycles. The molecule has 0 saturated carbocycles. The van der Waals surface area contributed by atoms with Crippen molar-refractivity contribution in [2.45, 2.75) is 6.04 Å². The first-order valence-corrected chi connectivity index (χ1v) is 6.75. The minimum atomic E-state index is -0.497. The predicted octanol–water partition coefficient (Wildman–Crippen LogP) is 1.32. The van der Waals surface area contributed by atoms with Gasteiger partial charge in [-0.2, -0.15) is 10.1 Å². The van der Waals surface area contributed by atoms with Crippen molar-refractivity contribution in [3.8, 4) is 0 Å². The molecule has 7 nitrogen and oxygen atoms in total. The van der Waals surface area contributed by atoms with E-state index < -0.39 is 5.91 Å². The Morgan fingerprint density at radius 2 is 2.23 bits per heavy atom. The number of halogens is 1. The lowest BCUT2D eigenvalue weighted by molar-refractivity contribution is 0.1000. The molecule has 0 radical (unpaired) electrons. The van der Waals surface area contributed by atoms with E-state index in [1.807, 2.05) is 4.90 Å². The molecule has 22 heavy (non-hydrogen) atoms. The summed E-state index contributed by atoms with van der Waals surface area (Å²) in [6.45, 7) is 1.30. The molecule has 1 fully saturated rings. The zero-order valence-corrected chi connectivity index (χ0v) is 11.4. The van der Waals surface area contributed by atoms with Crippen molar-refractivity contribution in [1.82, 2.24) is 14.8 Å². The number of anilines is 1. The maximum atomic E-state index is 13.1. The molecule has 0 atom stereocenters. The number of rotatable bonds is 3. The van der Waals surface area contributed by atoms with E-state index in [1.165, 1.54) is 18.3 Å². The van der Waals surface area contributed by atoms with Crippen LogP contribution in [0.15, 0.2) is 35.0 Å². The van der Waals surface area contributed by atoms with Gasteiger partial charge in [0.15, 0.2) is 5.58 Å². The van der Waals surface area contributed by atoms with Crippen LogP contribution in [0.2, 0.25) is 0 Å². The summed E-state index contributed by atoms with van der Waals surface area (Å²) in [5.41, 5.74) is 6.63. The Balaban J connectivity index is 1.50. The third kappa shape index (κ3) is 2.00. The summed E-state index contributed by atoms with van der Waals surface area (Å²) in [4.78, 5) is 17.3. The van der Waals surface area contributed by atoms with Crippen LogP contribution in [-0.2, 0) is 0 Å². The highest BCUT2D eigenvalue weighted by atomic mass is 19.1. The number of amides is 1. The van der Waals surface area contributed by atoms with Crippen molar-refractivity contribution in [2.24, 2.45) is 5.73 Å². The number of nitrogens with zero attached hydrogens (tertiary/aromatic N) is 4. The van der Waals surface area contributed by atoms with Gasteiger partial charge in [-0.25, -0.2) is 4.39 Å². The van der Waals surface area contributed by atoms with Crippen LogP contribution in [0.4, 0.5) is 10.4 Å². The molecular formula is C14H12FN5O2. The number of fused-ring (bicyclic) bond motifs is 1. The molecule has 4 rings (SSSR count). The van der Waals surface area contributed by atoms with Crippen molar-refractivity contribution in [3.63, 3.8) is 0 Å². The number of nitrogens with two attached hydrogens (primary N) is 1. The van der Waals surface area contributed by atoms with E-state index in [1.54, 1.807) is 16.9 Å². The lowest BCUT2D eigenvalue weighted by Gasteiger charge is -2.37. The fraction of sp³-hybridized carbons (Fsp3) is 0.214. The normalized spacial score (nSPS) is 15.2. The van der Waals surface area contributed by atoms with Gasteiger partial charge in [-0.3, -0.25) is 9.48 Å². The molecule has 112 valence electrons. The van der Waals surface area contributed by atoms with E-state index in [0.29, 0.717) is 35.8 Å². The van der Waals surface area contributed by atoms with E-state index in [0.717, 1.165) is 0 Å². The largest absolute Gasteiger partial charge is 0.423 e. The van der Waals surface area contributed by atoms with Crippen LogP contribution in [0, 0.1) is 5.82 Å². The molecule has 1 saturated heterocycles. The first kappa shape index (κ1) is 12.8. The highest BCUT2D eigenvalue weighted by Gasteiger charge is 2.32. The summed E-state index contributed by atoms with van der Waals surface area (Å²) in [7, 11) is 0. The fourth-order valence-corrected chi connectivity index (χ4v) is 2.47. The lowest BCUT2D eigenvalue weighted by Crippen LogP contribution is -2.48. The van der Waals surface area contributed by atoms with Crippen LogP contribution in [0.1, 0.15) is 16.4 Å². The summed E-state index contributed by atoms with van der Waals surface area (Å²) in [6.07, 6.45) is 3.08. The lowest BCUT2D eigenvalue weighted by atomic mass is 10.1. The number of carbonyl (C=O) groups is 1. The Bertz CT molecular complexity index is 865. The minimum Gasteiger partial charge on any atom is -0.423 e. The molecule has 1 aliphatic rings. The molecule has 8 heteroatoms. The van der Waals surface area contributed by atoms with Gasteiger partial charge in [-0.15, -0.1) is 0 Å². The molecular weight excluding hydrogens is 289 g/mol. The van der Waals surface area contributed by atoms with E-state index in [2.05, 4.69) is 10.1 Å². The van der Waals surface area contributed by atoms with Gasteiger partial charge < -0.3 is 15.1 Å². The monoisotopic (exact) mass is 301 g/mol. The summed E-state index contributed by atoms with van der Waals surface area (Å²) in [6, 6.07) is 4.83. The number of hydrogen-bond acceptors (Lipinski definition) is 5. The number of primary amides is 1. The Morgan fingerprint density at radius 3 is 2.95 bits per heavy atom. The van der Waals surface area contributed by atoms with Crippen molar-refractivity contribution in [1.29, 1.82) is 0 Å². The molecule has 0 spiro atoms. The molecule has 1 aliphatic heterocycles. The zero-order valence-electron chi connectivity index (χ0n) is 11.4. The number of carbonyl (C=O) groups excluding carboxylic acids is 1. The Hall–Kier alpha value is -2.90. The summed E-state index contributed by atoms with van der Waals surface area (Å²) in [5.74, 6) is -0.851. The van der Waals surface area contributed by atoms with Crippen LogP contribution in [0.5, 0.6) is 0 Å². The molecule has 3 aromatic rings. The molecule has 3 heterocycles. The number of hydrogen-bond donors (Lipinski definition) is 1. The van der Waals surface area contributed by atoms with E-state index in [-0.39, 0.29) is 11.9 Å². The van der Waals surface area contributed by atoms with Crippen molar-refractivity contribution in [3.05, 3.63) is 42.0 Å². The van der Waals surface area contributed by atoms with Gasteiger partial charge in [0.25, 0.3) is 11.9 Å². The van der Waals surface area contributed by atoms with Crippen LogP contribution >= 0.6 is 0 Å². The summed E-state index contributed by atoms with van der Waals surface area (Å²) >= 11 is 0.